The zero-order valence-electron chi connectivity index (χ0n) is 13.9. The molecule has 126 valence electrons. The van der Waals surface area contributed by atoms with Crippen LogP contribution in [-0.4, -0.2) is 16.8 Å². The number of pyridine rings is 1. The molecule has 0 bridgehead atoms. The number of carbonyl (C=O) groups excluding carboxylic acids is 2. The van der Waals surface area contributed by atoms with Crippen LogP contribution in [0.1, 0.15) is 42.4 Å². The number of hydrazine groups is 1. The van der Waals surface area contributed by atoms with E-state index in [0.717, 1.165) is 15.6 Å². The molecule has 0 unspecified atom stereocenters. The number of aromatic nitrogens is 1. The average Bonchev–Trinajstić information content (AvgIpc) is 2.54. The van der Waals surface area contributed by atoms with E-state index < -0.39 is 5.91 Å². The van der Waals surface area contributed by atoms with Crippen molar-refractivity contribution in [1.82, 2.24) is 15.8 Å². The molecule has 0 aliphatic rings. The second-order valence-corrected chi connectivity index (χ2v) is 7.27. The molecule has 1 aromatic carbocycles. The van der Waals surface area contributed by atoms with Crippen molar-refractivity contribution in [1.29, 1.82) is 0 Å². The summed E-state index contributed by atoms with van der Waals surface area (Å²) in [7, 11) is 0. The van der Waals surface area contributed by atoms with E-state index in [1.54, 1.807) is 12.3 Å². The quantitative estimate of drug-likeness (QED) is 0.791. The Hall–Kier alpha value is -2.21. The van der Waals surface area contributed by atoms with Gasteiger partial charge >= 0.3 is 0 Å². The lowest BCUT2D eigenvalue weighted by atomic mass is 9.86. The number of carbonyl (C=O) groups is 2. The Bertz CT molecular complexity index is 754. The molecule has 1 heterocycles. The standard InChI is InChI=1S/C18H20BrN3O2/c1-18(2,3)13-8-6-10-20-16(13)17(24)22-21-15(23)11-12-7-4-5-9-14(12)19/h4-10H,11H2,1-3H3,(H,21,23)(H,22,24). The maximum absolute atomic E-state index is 12.3. The molecule has 0 spiro atoms. The molecule has 0 aliphatic carbocycles. The van der Waals surface area contributed by atoms with Gasteiger partial charge in [0.15, 0.2) is 0 Å². The van der Waals surface area contributed by atoms with Gasteiger partial charge in [-0.3, -0.25) is 25.4 Å². The Morgan fingerprint density at radius 1 is 1.08 bits per heavy atom. The topological polar surface area (TPSA) is 71.1 Å². The summed E-state index contributed by atoms with van der Waals surface area (Å²) in [5, 5.41) is 0. The summed E-state index contributed by atoms with van der Waals surface area (Å²) in [4.78, 5) is 28.5. The number of hydrogen-bond acceptors (Lipinski definition) is 3. The van der Waals surface area contributed by atoms with Crippen LogP contribution in [0.2, 0.25) is 0 Å². The maximum atomic E-state index is 12.3. The molecule has 0 saturated heterocycles. The number of amides is 2. The first-order valence-electron chi connectivity index (χ1n) is 7.57. The zero-order valence-corrected chi connectivity index (χ0v) is 15.5. The molecule has 2 aromatic rings. The monoisotopic (exact) mass is 389 g/mol. The fourth-order valence-corrected chi connectivity index (χ4v) is 2.66. The Balaban J connectivity index is 2.01. The van der Waals surface area contributed by atoms with E-state index in [1.807, 2.05) is 51.1 Å². The van der Waals surface area contributed by atoms with E-state index in [2.05, 4.69) is 31.8 Å². The van der Waals surface area contributed by atoms with Gasteiger partial charge in [0.2, 0.25) is 5.91 Å². The highest BCUT2D eigenvalue weighted by atomic mass is 79.9. The van der Waals surface area contributed by atoms with Gasteiger partial charge in [-0.1, -0.05) is 61.0 Å². The maximum Gasteiger partial charge on any atom is 0.288 e. The Kier molecular flexibility index (Phi) is 5.72. The predicted molar refractivity (Wildman–Crippen MR) is 96.4 cm³/mol. The Morgan fingerprint density at radius 2 is 1.79 bits per heavy atom. The summed E-state index contributed by atoms with van der Waals surface area (Å²) in [5.74, 6) is -0.732. The van der Waals surface area contributed by atoms with Crippen molar-refractivity contribution in [3.8, 4) is 0 Å². The number of benzene rings is 1. The first kappa shape index (κ1) is 18.1. The number of nitrogens with one attached hydrogen (secondary N) is 2. The minimum absolute atomic E-state index is 0.163. The molecule has 2 rings (SSSR count). The van der Waals surface area contributed by atoms with Gasteiger partial charge < -0.3 is 0 Å². The van der Waals surface area contributed by atoms with Crippen LogP contribution in [0.25, 0.3) is 0 Å². The number of halogens is 1. The Morgan fingerprint density at radius 3 is 2.46 bits per heavy atom. The summed E-state index contributed by atoms with van der Waals surface area (Å²) in [5.41, 5.74) is 6.63. The van der Waals surface area contributed by atoms with Gasteiger partial charge in [0, 0.05) is 10.7 Å². The summed E-state index contributed by atoms with van der Waals surface area (Å²) in [6, 6.07) is 11.1. The molecule has 1 aromatic heterocycles. The molecule has 2 amide bonds. The van der Waals surface area contributed by atoms with E-state index in [1.165, 1.54) is 0 Å². The summed E-state index contributed by atoms with van der Waals surface area (Å²) < 4.78 is 0.853. The molecule has 0 atom stereocenters. The van der Waals surface area contributed by atoms with Crippen molar-refractivity contribution in [2.24, 2.45) is 0 Å². The largest absolute Gasteiger partial charge is 0.288 e. The van der Waals surface area contributed by atoms with Gasteiger partial charge in [-0.25, -0.2) is 0 Å². The third-order valence-corrected chi connectivity index (χ3v) is 4.23. The number of nitrogens with zero attached hydrogens (tertiary/aromatic N) is 1. The highest BCUT2D eigenvalue weighted by Gasteiger charge is 2.22. The first-order valence-corrected chi connectivity index (χ1v) is 8.36. The van der Waals surface area contributed by atoms with Gasteiger partial charge in [0.25, 0.3) is 5.91 Å². The van der Waals surface area contributed by atoms with E-state index in [-0.39, 0.29) is 17.7 Å². The average molecular weight is 390 g/mol. The second kappa shape index (κ2) is 7.57. The van der Waals surface area contributed by atoms with E-state index in [0.29, 0.717) is 5.69 Å². The molecular weight excluding hydrogens is 370 g/mol. The summed E-state index contributed by atoms with van der Waals surface area (Å²) in [6.07, 6.45) is 1.73. The van der Waals surface area contributed by atoms with Crippen molar-refractivity contribution in [2.75, 3.05) is 0 Å². The zero-order chi connectivity index (χ0) is 17.7. The number of rotatable bonds is 3. The van der Waals surface area contributed by atoms with Crippen LogP contribution in [0.4, 0.5) is 0 Å². The fourth-order valence-electron chi connectivity index (χ4n) is 2.24. The third-order valence-electron chi connectivity index (χ3n) is 3.46. The van der Waals surface area contributed by atoms with Crippen molar-refractivity contribution in [3.63, 3.8) is 0 Å². The Labute approximate surface area is 150 Å². The van der Waals surface area contributed by atoms with Crippen LogP contribution < -0.4 is 10.9 Å². The second-order valence-electron chi connectivity index (χ2n) is 6.42. The van der Waals surface area contributed by atoms with E-state index in [4.69, 9.17) is 0 Å². The van der Waals surface area contributed by atoms with Gasteiger partial charge in [0.1, 0.15) is 5.69 Å². The van der Waals surface area contributed by atoms with Crippen molar-refractivity contribution >= 4 is 27.7 Å². The lowest BCUT2D eigenvalue weighted by Gasteiger charge is -2.21. The van der Waals surface area contributed by atoms with Gasteiger partial charge in [-0.2, -0.15) is 0 Å². The molecule has 0 saturated carbocycles. The van der Waals surface area contributed by atoms with E-state index >= 15 is 0 Å². The molecule has 2 N–H and O–H groups in total. The van der Waals surface area contributed by atoms with Crippen LogP contribution in [0.3, 0.4) is 0 Å². The SMILES string of the molecule is CC(C)(C)c1cccnc1C(=O)NNC(=O)Cc1ccccc1Br. The van der Waals surface area contributed by atoms with Crippen LogP contribution >= 0.6 is 15.9 Å². The fraction of sp³-hybridized carbons (Fsp3) is 0.278. The molecule has 0 radical (unpaired) electrons. The molecule has 0 fully saturated rings. The van der Waals surface area contributed by atoms with Crippen LogP contribution in [-0.2, 0) is 16.6 Å². The molecular formula is C18H20BrN3O2. The third kappa shape index (κ3) is 4.64. The molecule has 24 heavy (non-hydrogen) atoms. The molecule has 5 nitrogen and oxygen atoms in total. The van der Waals surface area contributed by atoms with Gasteiger partial charge in [-0.15, -0.1) is 0 Å². The predicted octanol–water partition coefficient (Wildman–Crippen LogP) is 3.15. The minimum Gasteiger partial charge on any atom is -0.273 e. The van der Waals surface area contributed by atoms with E-state index in [9.17, 15) is 9.59 Å². The molecule has 6 heteroatoms. The smallest absolute Gasteiger partial charge is 0.273 e. The van der Waals surface area contributed by atoms with Gasteiger partial charge in [0.05, 0.1) is 6.42 Å². The van der Waals surface area contributed by atoms with Crippen molar-refractivity contribution in [2.45, 2.75) is 32.6 Å². The van der Waals surface area contributed by atoms with Crippen LogP contribution in [0.5, 0.6) is 0 Å². The highest BCUT2D eigenvalue weighted by molar-refractivity contribution is 9.10. The minimum atomic E-state index is -0.430. The summed E-state index contributed by atoms with van der Waals surface area (Å²) >= 11 is 3.40. The number of hydrogen-bond donors (Lipinski definition) is 2. The van der Waals surface area contributed by atoms with Gasteiger partial charge in [-0.05, 0) is 28.7 Å². The van der Waals surface area contributed by atoms with Crippen LogP contribution in [0.15, 0.2) is 47.1 Å². The lowest BCUT2D eigenvalue weighted by Crippen LogP contribution is -2.43. The normalized spacial score (nSPS) is 11.0. The van der Waals surface area contributed by atoms with Crippen LogP contribution in [0, 0.1) is 0 Å². The summed E-state index contributed by atoms with van der Waals surface area (Å²) in [6.45, 7) is 6.02. The highest BCUT2D eigenvalue weighted by Crippen LogP contribution is 2.24. The van der Waals surface area contributed by atoms with Crippen molar-refractivity contribution in [3.05, 3.63) is 63.9 Å². The lowest BCUT2D eigenvalue weighted by molar-refractivity contribution is -0.121. The first-order chi connectivity index (χ1) is 11.3. The van der Waals surface area contributed by atoms with Crippen molar-refractivity contribution < 1.29 is 9.59 Å². The molecule has 0 aliphatic heterocycles.